The molecule has 0 spiro atoms. The van der Waals surface area contributed by atoms with E-state index in [0.29, 0.717) is 6.04 Å². The average Bonchev–Trinajstić information content (AvgIpc) is 2.16. The summed E-state index contributed by atoms with van der Waals surface area (Å²) in [7, 11) is 1.98. The van der Waals surface area contributed by atoms with Gasteiger partial charge >= 0.3 is 0 Å². The Labute approximate surface area is 93.5 Å². The van der Waals surface area contributed by atoms with Crippen LogP contribution >= 0.6 is 28.6 Å². The van der Waals surface area contributed by atoms with Gasteiger partial charge in [0.2, 0.25) is 0 Å². The van der Waals surface area contributed by atoms with Gasteiger partial charge in [0.25, 0.3) is 0 Å². The Bertz CT molecular complexity index is 248. The molecule has 0 radical (unpaired) electrons. The van der Waals surface area contributed by atoms with Gasteiger partial charge in [-0.1, -0.05) is 28.1 Å². The second-order valence-corrected chi connectivity index (χ2v) is 4.27. The lowest BCUT2D eigenvalue weighted by Crippen LogP contribution is -2.16. The maximum absolute atomic E-state index is 4.24. The summed E-state index contributed by atoms with van der Waals surface area (Å²) < 4.78 is 1.12. The minimum Gasteiger partial charge on any atom is -0.313 e. The molecule has 0 fully saturated rings. The van der Waals surface area contributed by atoms with Gasteiger partial charge in [-0.3, -0.25) is 0 Å². The van der Waals surface area contributed by atoms with Gasteiger partial charge < -0.3 is 5.32 Å². The Kier molecular flexibility index (Phi) is 4.84. The Morgan fingerprint density at radius 3 is 2.46 bits per heavy atom. The van der Waals surface area contributed by atoms with Crippen molar-refractivity contribution in [2.45, 2.75) is 12.5 Å². The van der Waals surface area contributed by atoms with Crippen molar-refractivity contribution in [3.05, 3.63) is 34.3 Å². The molecule has 0 bridgehead atoms. The van der Waals surface area contributed by atoms with Crippen molar-refractivity contribution < 1.29 is 0 Å². The van der Waals surface area contributed by atoms with Gasteiger partial charge in [-0.2, -0.15) is 12.6 Å². The molecule has 3 heteroatoms. The van der Waals surface area contributed by atoms with E-state index in [1.165, 1.54) is 5.56 Å². The summed E-state index contributed by atoms with van der Waals surface area (Å²) in [5.41, 5.74) is 1.32. The van der Waals surface area contributed by atoms with Crippen LogP contribution in [0.15, 0.2) is 28.7 Å². The SMILES string of the molecule is CNC(CCS)c1ccc(Br)cc1. The Balaban J connectivity index is 2.73. The van der Waals surface area contributed by atoms with Gasteiger partial charge in [-0.05, 0) is 36.9 Å². The first-order valence-electron chi connectivity index (χ1n) is 4.31. The smallest absolute Gasteiger partial charge is 0.0325 e. The van der Waals surface area contributed by atoms with Crippen LogP contribution in [-0.4, -0.2) is 12.8 Å². The molecule has 1 aromatic rings. The van der Waals surface area contributed by atoms with Crippen molar-refractivity contribution in [2.75, 3.05) is 12.8 Å². The zero-order valence-corrected chi connectivity index (χ0v) is 10.1. The summed E-state index contributed by atoms with van der Waals surface area (Å²) in [5, 5.41) is 3.27. The predicted molar refractivity (Wildman–Crippen MR) is 64.4 cm³/mol. The normalized spacial score (nSPS) is 12.8. The summed E-state index contributed by atoms with van der Waals surface area (Å²) in [6, 6.07) is 8.82. The fourth-order valence-electron chi connectivity index (χ4n) is 1.30. The first kappa shape index (κ1) is 11.1. The molecular weight excluding hydrogens is 246 g/mol. The summed E-state index contributed by atoms with van der Waals surface area (Å²) >= 11 is 7.66. The molecule has 0 aliphatic carbocycles. The summed E-state index contributed by atoms with van der Waals surface area (Å²) in [5.74, 6) is 0.904. The second-order valence-electron chi connectivity index (χ2n) is 2.91. The summed E-state index contributed by atoms with van der Waals surface area (Å²) in [6.45, 7) is 0. The van der Waals surface area contributed by atoms with E-state index < -0.39 is 0 Å². The molecule has 0 aromatic heterocycles. The van der Waals surface area contributed by atoms with E-state index in [1.54, 1.807) is 0 Å². The van der Waals surface area contributed by atoms with Crippen LogP contribution in [0, 0.1) is 0 Å². The zero-order chi connectivity index (χ0) is 9.68. The van der Waals surface area contributed by atoms with E-state index in [4.69, 9.17) is 0 Å². The molecule has 13 heavy (non-hydrogen) atoms. The Hall–Kier alpha value is 0.01000. The van der Waals surface area contributed by atoms with Crippen LogP contribution in [0.4, 0.5) is 0 Å². The predicted octanol–water partition coefficient (Wildman–Crippen LogP) is 3.03. The van der Waals surface area contributed by atoms with Gasteiger partial charge in [0, 0.05) is 10.5 Å². The topological polar surface area (TPSA) is 12.0 Å². The molecule has 72 valence electrons. The number of nitrogens with one attached hydrogen (secondary N) is 1. The van der Waals surface area contributed by atoms with E-state index in [0.717, 1.165) is 16.6 Å². The second kappa shape index (κ2) is 5.68. The number of thiol groups is 1. The molecule has 0 saturated heterocycles. The fraction of sp³-hybridized carbons (Fsp3) is 0.400. The van der Waals surface area contributed by atoms with Crippen LogP contribution in [0.1, 0.15) is 18.0 Å². The largest absolute Gasteiger partial charge is 0.313 e. The van der Waals surface area contributed by atoms with Gasteiger partial charge in [0.1, 0.15) is 0 Å². The van der Waals surface area contributed by atoms with E-state index in [2.05, 4.69) is 58.1 Å². The molecule has 0 heterocycles. The molecule has 0 aliphatic rings. The Morgan fingerprint density at radius 2 is 2.00 bits per heavy atom. The Morgan fingerprint density at radius 1 is 1.38 bits per heavy atom. The van der Waals surface area contributed by atoms with E-state index in [9.17, 15) is 0 Å². The van der Waals surface area contributed by atoms with Crippen molar-refractivity contribution in [1.29, 1.82) is 0 Å². The highest BCUT2D eigenvalue weighted by Crippen LogP contribution is 2.19. The minimum absolute atomic E-state index is 0.422. The van der Waals surface area contributed by atoms with Crippen molar-refractivity contribution in [1.82, 2.24) is 5.32 Å². The zero-order valence-electron chi connectivity index (χ0n) is 7.63. The maximum Gasteiger partial charge on any atom is 0.0325 e. The highest BCUT2D eigenvalue weighted by atomic mass is 79.9. The standard InChI is InChI=1S/C10H14BrNS/c1-12-10(6-7-13)8-2-4-9(11)5-3-8/h2-5,10,12-13H,6-7H2,1H3. The third-order valence-corrected chi connectivity index (χ3v) is 2.83. The van der Waals surface area contributed by atoms with Crippen molar-refractivity contribution >= 4 is 28.6 Å². The van der Waals surface area contributed by atoms with Crippen LogP contribution in [0.3, 0.4) is 0 Å². The lowest BCUT2D eigenvalue weighted by Gasteiger charge is -2.15. The molecule has 1 N–H and O–H groups in total. The fourth-order valence-corrected chi connectivity index (χ4v) is 1.82. The van der Waals surface area contributed by atoms with Crippen LogP contribution in [0.2, 0.25) is 0 Å². The third-order valence-electron chi connectivity index (χ3n) is 2.04. The van der Waals surface area contributed by atoms with Gasteiger partial charge in [0.05, 0.1) is 0 Å². The first-order chi connectivity index (χ1) is 6.27. The molecule has 1 unspecified atom stereocenters. The molecule has 0 amide bonds. The molecule has 1 nitrogen and oxygen atoms in total. The van der Waals surface area contributed by atoms with Crippen LogP contribution in [0.5, 0.6) is 0 Å². The number of halogens is 1. The molecule has 0 aliphatic heterocycles. The highest BCUT2D eigenvalue weighted by molar-refractivity contribution is 9.10. The molecule has 1 atom stereocenters. The first-order valence-corrected chi connectivity index (χ1v) is 5.74. The minimum atomic E-state index is 0.422. The lowest BCUT2D eigenvalue weighted by atomic mass is 10.1. The van der Waals surface area contributed by atoms with Crippen molar-refractivity contribution in [3.63, 3.8) is 0 Å². The monoisotopic (exact) mass is 259 g/mol. The van der Waals surface area contributed by atoms with Gasteiger partial charge in [-0.15, -0.1) is 0 Å². The van der Waals surface area contributed by atoms with Crippen molar-refractivity contribution in [3.8, 4) is 0 Å². The molecule has 1 aromatic carbocycles. The van der Waals surface area contributed by atoms with E-state index >= 15 is 0 Å². The van der Waals surface area contributed by atoms with E-state index in [-0.39, 0.29) is 0 Å². The van der Waals surface area contributed by atoms with Crippen LogP contribution < -0.4 is 5.32 Å². The number of hydrogen-bond acceptors (Lipinski definition) is 2. The average molecular weight is 260 g/mol. The molecule has 1 rings (SSSR count). The summed E-state index contributed by atoms with van der Waals surface area (Å²) in [4.78, 5) is 0. The quantitative estimate of drug-likeness (QED) is 0.793. The molecular formula is C10H14BrNS. The number of benzene rings is 1. The number of hydrogen-bond donors (Lipinski definition) is 2. The lowest BCUT2D eigenvalue weighted by molar-refractivity contribution is 0.582. The molecule has 0 saturated carbocycles. The van der Waals surface area contributed by atoms with Gasteiger partial charge in [0.15, 0.2) is 0 Å². The highest BCUT2D eigenvalue weighted by Gasteiger charge is 2.06. The maximum atomic E-state index is 4.24. The van der Waals surface area contributed by atoms with Gasteiger partial charge in [-0.25, -0.2) is 0 Å². The third kappa shape index (κ3) is 3.33. The number of rotatable bonds is 4. The van der Waals surface area contributed by atoms with E-state index in [1.807, 2.05) is 7.05 Å². The van der Waals surface area contributed by atoms with Crippen LogP contribution in [0.25, 0.3) is 0 Å². The summed E-state index contributed by atoms with van der Waals surface area (Å²) in [6.07, 6.45) is 1.06. The van der Waals surface area contributed by atoms with Crippen LogP contribution in [-0.2, 0) is 0 Å². The van der Waals surface area contributed by atoms with Crippen molar-refractivity contribution in [2.24, 2.45) is 0 Å².